The van der Waals surface area contributed by atoms with Crippen LogP contribution in [0.1, 0.15) is 15.2 Å². The summed E-state index contributed by atoms with van der Waals surface area (Å²) in [5.41, 5.74) is 1.32. The Kier molecular flexibility index (Phi) is 4.53. The predicted molar refractivity (Wildman–Crippen MR) is 76.4 cm³/mol. The maximum atomic E-state index is 11.9. The minimum absolute atomic E-state index is 0.0381. The first kappa shape index (κ1) is 14.7. The van der Waals surface area contributed by atoms with Crippen LogP contribution in [0.5, 0.6) is 0 Å². The highest BCUT2D eigenvalue weighted by Crippen LogP contribution is 2.33. The van der Waals surface area contributed by atoms with Crippen molar-refractivity contribution in [2.75, 3.05) is 0 Å². The van der Waals surface area contributed by atoms with Crippen molar-refractivity contribution in [3.63, 3.8) is 0 Å². The second-order valence-electron chi connectivity index (χ2n) is 3.70. The van der Waals surface area contributed by atoms with Gasteiger partial charge in [0, 0.05) is 22.7 Å². The molecule has 1 aromatic carbocycles. The maximum Gasteiger partial charge on any atom is 0.290 e. The molecule has 0 radical (unpaired) electrons. The van der Waals surface area contributed by atoms with Crippen molar-refractivity contribution < 1.29 is 9.72 Å². The minimum atomic E-state index is -0.686. The van der Waals surface area contributed by atoms with Gasteiger partial charge in [-0.2, -0.15) is 0 Å². The molecule has 104 valence electrons. The number of carbonyl (C=O) groups excluding carboxylic acids is 1. The van der Waals surface area contributed by atoms with Crippen molar-refractivity contribution in [2.45, 2.75) is 6.54 Å². The molecule has 1 aromatic heterocycles. The summed E-state index contributed by atoms with van der Waals surface area (Å²) >= 11 is 12.9. The molecule has 0 saturated carbocycles. The fourth-order valence-electron chi connectivity index (χ4n) is 1.44. The monoisotopic (exact) mass is 331 g/mol. The largest absolute Gasteiger partial charge is 0.347 e. The van der Waals surface area contributed by atoms with E-state index >= 15 is 0 Å². The van der Waals surface area contributed by atoms with Gasteiger partial charge in [0.05, 0.1) is 22.0 Å². The zero-order chi connectivity index (χ0) is 14.7. The summed E-state index contributed by atoms with van der Waals surface area (Å²) in [6, 6.07) is 2.38. The first-order valence-corrected chi connectivity index (χ1v) is 6.91. The number of hydrogen-bond donors (Lipinski definition) is 1. The zero-order valence-electron chi connectivity index (χ0n) is 9.80. The van der Waals surface area contributed by atoms with Gasteiger partial charge in [0.25, 0.3) is 11.6 Å². The number of halogens is 2. The Morgan fingerprint density at radius 2 is 2.20 bits per heavy atom. The van der Waals surface area contributed by atoms with Crippen LogP contribution >= 0.6 is 34.5 Å². The number of thiazole rings is 1. The number of nitrogens with zero attached hydrogens (tertiary/aromatic N) is 2. The van der Waals surface area contributed by atoms with Crippen LogP contribution in [0, 0.1) is 10.1 Å². The van der Waals surface area contributed by atoms with E-state index < -0.39 is 16.5 Å². The van der Waals surface area contributed by atoms with Crippen molar-refractivity contribution in [3.05, 3.63) is 54.4 Å². The van der Waals surface area contributed by atoms with Crippen LogP contribution in [0.2, 0.25) is 10.0 Å². The van der Waals surface area contributed by atoms with E-state index in [0.29, 0.717) is 0 Å². The van der Waals surface area contributed by atoms with Gasteiger partial charge in [-0.15, -0.1) is 11.3 Å². The van der Waals surface area contributed by atoms with E-state index in [1.54, 1.807) is 11.7 Å². The van der Waals surface area contributed by atoms with Gasteiger partial charge in [-0.25, -0.2) is 0 Å². The molecule has 0 atom stereocenters. The molecule has 2 aromatic rings. The van der Waals surface area contributed by atoms with E-state index in [2.05, 4.69) is 10.3 Å². The number of nitro benzene ring substituents is 1. The normalized spacial score (nSPS) is 10.3. The Bertz CT molecular complexity index is 661. The van der Waals surface area contributed by atoms with Crippen molar-refractivity contribution in [2.24, 2.45) is 0 Å². The lowest BCUT2D eigenvalue weighted by molar-refractivity contribution is -0.384. The van der Waals surface area contributed by atoms with Crippen molar-refractivity contribution >= 4 is 46.1 Å². The zero-order valence-corrected chi connectivity index (χ0v) is 12.1. The lowest BCUT2D eigenvalue weighted by Gasteiger charge is -2.05. The van der Waals surface area contributed by atoms with Crippen LogP contribution in [0.4, 0.5) is 5.69 Å². The molecule has 0 aliphatic heterocycles. The quantitative estimate of drug-likeness (QED) is 0.688. The molecule has 9 heteroatoms. The van der Waals surface area contributed by atoms with E-state index in [1.807, 2.05) is 0 Å². The van der Waals surface area contributed by atoms with Crippen LogP contribution in [-0.4, -0.2) is 15.8 Å². The van der Waals surface area contributed by atoms with Gasteiger partial charge < -0.3 is 5.32 Å². The topological polar surface area (TPSA) is 85.1 Å². The van der Waals surface area contributed by atoms with E-state index in [9.17, 15) is 14.9 Å². The Hall–Kier alpha value is -1.70. The minimum Gasteiger partial charge on any atom is -0.347 e. The van der Waals surface area contributed by atoms with Crippen LogP contribution in [0.3, 0.4) is 0 Å². The number of benzene rings is 1. The van der Waals surface area contributed by atoms with Gasteiger partial charge >= 0.3 is 0 Å². The van der Waals surface area contributed by atoms with Crippen LogP contribution < -0.4 is 5.32 Å². The molecule has 0 fully saturated rings. The number of nitro groups is 1. The summed E-state index contributed by atoms with van der Waals surface area (Å²) in [6.45, 7) is 0.289. The summed E-state index contributed by atoms with van der Waals surface area (Å²) in [5.74, 6) is -0.472. The highest BCUT2D eigenvalue weighted by molar-refractivity contribution is 7.09. The third-order valence-electron chi connectivity index (χ3n) is 2.37. The van der Waals surface area contributed by atoms with E-state index in [1.165, 1.54) is 17.4 Å². The second kappa shape index (κ2) is 6.17. The average Bonchev–Trinajstić information content (AvgIpc) is 2.91. The fraction of sp³-hybridized carbons (Fsp3) is 0.0909. The molecule has 1 N–H and O–H groups in total. The molecular weight excluding hydrogens is 325 g/mol. The first-order valence-electron chi connectivity index (χ1n) is 5.28. The molecule has 0 aliphatic rings. The van der Waals surface area contributed by atoms with Gasteiger partial charge in [-0.1, -0.05) is 23.2 Å². The van der Waals surface area contributed by atoms with Crippen LogP contribution in [0.25, 0.3) is 0 Å². The van der Waals surface area contributed by atoms with E-state index in [0.717, 1.165) is 10.9 Å². The standard InChI is InChI=1S/C11H7Cl2N3O3S/c12-8-1-6(2-9(10(8)13)16(18)19)11(17)15-4-7-3-14-5-20-7/h1-3,5H,4H2,(H,15,17). The summed E-state index contributed by atoms with van der Waals surface area (Å²) in [4.78, 5) is 26.8. The molecule has 0 unspecified atom stereocenters. The molecule has 0 bridgehead atoms. The highest BCUT2D eigenvalue weighted by atomic mass is 35.5. The molecule has 0 aliphatic carbocycles. The summed E-state index contributed by atoms with van der Waals surface area (Å²) < 4.78 is 0. The molecule has 0 saturated heterocycles. The first-order chi connectivity index (χ1) is 9.49. The van der Waals surface area contributed by atoms with Gasteiger partial charge in [-0.05, 0) is 6.07 Å². The van der Waals surface area contributed by atoms with Crippen molar-refractivity contribution in [1.82, 2.24) is 10.3 Å². The van der Waals surface area contributed by atoms with E-state index in [4.69, 9.17) is 23.2 Å². The smallest absolute Gasteiger partial charge is 0.290 e. The average molecular weight is 332 g/mol. The molecule has 2 rings (SSSR count). The van der Waals surface area contributed by atoms with E-state index in [-0.39, 0.29) is 22.2 Å². The Morgan fingerprint density at radius 3 is 2.80 bits per heavy atom. The number of rotatable bonds is 4. The number of hydrogen-bond acceptors (Lipinski definition) is 5. The molecular formula is C11H7Cl2N3O3S. The third kappa shape index (κ3) is 3.24. The predicted octanol–water partition coefficient (Wildman–Crippen LogP) is 3.29. The number of nitrogens with one attached hydrogen (secondary N) is 1. The molecule has 20 heavy (non-hydrogen) atoms. The lowest BCUT2D eigenvalue weighted by atomic mass is 10.2. The summed E-state index contributed by atoms with van der Waals surface area (Å²) in [5, 5.41) is 13.2. The Labute approximate surface area is 127 Å². The molecule has 1 heterocycles. The fourth-order valence-corrected chi connectivity index (χ4v) is 2.36. The van der Waals surface area contributed by atoms with Crippen molar-refractivity contribution in [1.29, 1.82) is 0 Å². The number of amides is 1. The number of aromatic nitrogens is 1. The molecule has 1 amide bonds. The van der Waals surface area contributed by atoms with Gasteiger partial charge in [0.2, 0.25) is 0 Å². The van der Waals surface area contributed by atoms with Crippen LogP contribution in [0.15, 0.2) is 23.8 Å². The molecule has 6 nitrogen and oxygen atoms in total. The highest BCUT2D eigenvalue weighted by Gasteiger charge is 2.20. The summed E-state index contributed by atoms with van der Waals surface area (Å²) in [6.07, 6.45) is 1.63. The van der Waals surface area contributed by atoms with Gasteiger partial charge in [0.1, 0.15) is 5.02 Å². The SMILES string of the molecule is O=C(NCc1cncs1)c1cc(Cl)c(Cl)c([N+](=O)[O-])c1. The molecule has 0 spiro atoms. The summed E-state index contributed by atoms with van der Waals surface area (Å²) in [7, 11) is 0. The maximum absolute atomic E-state index is 11.9. The third-order valence-corrected chi connectivity index (χ3v) is 3.95. The lowest BCUT2D eigenvalue weighted by Crippen LogP contribution is -2.22. The Balaban J connectivity index is 2.19. The number of carbonyl (C=O) groups is 1. The Morgan fingerprint density at radius 1 is 1.45 bits per heavy atom. The van der Waals surface area contributed by atoms with Crippen LogP contribution in [-0.2, 0) is 6.54 Å². The van der Waals surface area contributed by atoms with Crippen molar-refractivity contribution in [3.8, 4) is 0 Å². The van der Waals surface area contributed by atoms with Gasteiger partial charge in [0.15, 0.2) is 0 Å². The second-order valence-corrected chi connectivity index (χ2v) is 5.45. The van der Waals surface area contributed by atoms with Gasteiger partial charge in [-0.3, -0.25) is 19.9 Å².